The SMILES string of the molecule is CCCCCC(=O)CC(=S)N(C)P(=O)(NC)SC(C)CC. The Morgan fingerprint density at radius 1 is 1.38 bits per heavy atom. The van der Waals surface area contributed by atoms with E-state index in [0.717, 1.165) is 25.7 Å². The highest BCUT2D eigenvalue weighted by molar-refractivity contribution is 8.57. The van der Waals surface area contributed by atoms with Crippen LogP contribution < -0.4 is 5.09 Å². The smallest absolute Gasteiger partial charge is 0.292 e. The van der Waals surface area contributed by atoms with E-state index in [9.17, 15) is 9.36 Å². The Hall–Kier alpha value is 0.1000. The average Bonchev–Trinajstić information content (AvgIpc) is 2.46. The van der Waals surface area contributed by atoms with Crippen molar-refractivity contribution in [3.63, 3.8) is 0 Å². The minimum absolute atomic E-state index is 0.136. The zero-order chi connectivity index (χ0) is 16.5. The van der Waals surface area contributed by atoms with Crippen molar-refractivity contribution >= 4 is 41.0 Å². The van der Waals surface area contributed by atoms with Gasteiger partial charge < -0.3 is 0 Å². The lowest BCUT2D eigenvalue weighted by atomic mass is 10.1. The number of carbonyl (C=O) groups is 1. The molecule has 7 heteroatoms. The molecule has 0 aromatic heterocycles. The fourth-order valence-corrected chi connectivity index (χ4v) is 6.84. The number of Topliss-reactive ketones (excluding diaryl/α,β-unsaturated/α-hetero) is 1. The molecular weight excluding hydrogens is 323 g/mol. The quantitative estimate of drug-likeness (QED) is 0.332. The molecule has 0 aliphatic carbocycles. The van der Waals surface area contributed by atoms with Gasteiger partial charge in [0.05, 0.1) is 11.4 Å². The summed E-state index contributed by atoms with van der Waals surface area (Å²) in [5.41, 5.74) is 0. The number of hydrogen-bond acceptors (Lipinski definition) is 4. The molecule has 0 aromatic rings. The summed E-state index contributed by atoms with van der Waals surface area (Å²) in [7, 11) is 3.40. The highest BCUT2D eigenvalue weighted by Crippen LogP contribution is 2.59. The maximum atomic E-state index is 12.9. The highest BCUT2D eigenvalue weighted by atomic mass is 32.7. The molecule has 0 heterocycles. The fourth-order valence-electron chi connectivity index (χ4n) is 1.68. The predicted octanol–water partition coefficient (Wildman–Crippen LogP) is 4.64. The van der Waals surface area contributed by atoms with E-state index < -0.39 is 6.65 Å². The van der Waals surface area contributed by atoms with Crippen LogP contribution in [0.5, 0.6) is 0 Å². The molecule has 0 aliphatic rings. The van der Waals surface area contributed by atoms with E-state index in [1.807, 2.05) is 6.92 Å². The summed E-state index contributed by atoms with van der Waals surface area (Å²) >= 11 is 6.72. The topological polar surface area (TPSA) is 49.4 Å². The molecule has 1 N–H and O–H groups in total. The molecule has 2 atom stereocenters. The molecule has 0 rings (SSSR count). The minimum Gasteiger partial charge on any atom is -0.300 e. The molecule has 0 saturated heterocycles. The van der Waals surface area contributed by atoms with Gasteiger partial charge in [-0.05, 0) is 19.9 Å². The van der Waals surface area contributed by atoms with Gasteiger partial charge in [0.15, 0.2) is 0 Å². The summed E-state index contributed by atoms with van der Waals surface area (Å²) in [6.07, 6.45) is 4.78. The van der Waals surface area contributed by atoms with Gasteiger partial charge in [-0.3, -0.25) is 14.0 Å². The van der Waals surface area contributed by atoms with Gasteiger partial charge in [-0.15, -0.1) is 0 Å². The molecular formula is C14H29N2O2PS2. The summed E-state index contributed by atoms with van der Waals surface area (Å²) in [5, 5.41) is 3.17. The Morgan fingerprint density at radius 2 is 2.00 bits per heavy atom. The van der Waals surface area contributed by atoms with Gasteiger partial charge in [-0.1, -0.05) is 57.2 Å². The van der Waals surface area contributed by atoms with Crippen LogP contribution in [0.3, 0.4) is 0 Å². The van der Waals surface area contributed by atoms with Crippen molar-refractivity contribution in [2.24, 2.45) is 0 Å². The minimum atomic E-state index is -2.80. The standard InChI is InChI=1S/C14H29N2O2PS2/c1-6-8-9-10-13(17)11-14(20)16(5)19(18,15-4)21-12(3)7-2/h12H,6-11H2,1-5H3,(H,15,18). The van der Waals surface area contributed by atoms with Crippen molar-refractivity contribution in [2.45, 2.75) is 64.5 Å². The monoisotopic (exact) mass is 352 g/mol. The lowest BCUT2D eigenvalue weighted by Crippen LogP contribution is -2.28. The fraction of sp³-hybridized carbons (Fsp3) is 0.857. The number of ketones is 1. The highest BCUT2D eigenvalue weighted by Gasteiger charge is 2.30. The molecule has 21 heavy (non-hydrogen) atoms. The summed E-state index contributed by atoms with van der Waals surface area (Å²) in [4.78, 5) is 12.4. The number of rotatable bonds is 11. The summed E-state index contributed by atoms with van der Waals surface area (Å²) in [6.45, 7) is 3.41. The van der Waals surface area contributed by atoms with Crippen molar-refractivity contribution in [1.29, 1.82) is 0 Å². The second-order valence-electron chi connectivity index (χ2n) is 5.16. The summed E-state index contributed by atoms with van der Waals surface area (Å²) < 4.78 is 14.5. The zero-order valence-electron chi connectivity index (χ0n) is 13.8. The van der Waals surface area contributed by atoms with Crippen LogP contribution in [0.4, 0.5) is 0 Å². The Labute approximate surface area is 139 Å². The number of thiocarbonyl (C=S) groups is 1. The molecule has 0 aliphatic heterocycles. The van der Waals surface area contributed by atoms with E-state index in [1.54, 1.807) is 18.8 Å². The predicted molar refractivity (Wildman–Crippen MR) is 98.1 cm³/mol. The third-order valence-corrected chi connectivity index (χ3v) is 9.69. The molecule has 2 unspecified atom stereocenters. The first-order valence-electron chi connectivity index (χ1n) is 7.56. The molecule has 124 valence electrons. The van der Waals surface area contributed by atoms with Crippen LogP contribution >= 0.6 is 30.2 Å². The third kappa shape index (κ3) is 7.78. The van der Waals surface area contributed by atoms with E-state index in [2.05, 4.69) is 18.9 Å². The first kappa shape index (κ1) is 21.1. The Balaban J connectivity index is 4.58. The van der Waals surface area contributed by atoms with E-state index >= 15 is 0 Å². The van der Waals surface area contributed by atoms with Crippen LogP contribution in [-0.4, -0.2) is 34.8 Å². The van der Waals surface area contributed by atoms with Crippen molar-refractivity contribution in [2.75, 3.05) is 14.1 Å². The van der Waals surface area contributed by atoms with Crippen LogP contribution in [0.15, 0.2) is 0 Å². The normalized spacial score (nSPS) is 15.3. The molecule has 0 saturated carbocycles. The largest absolute Gasteiger partial charge is 0.300 e. The molecule has 4 nitrogen and oxygen atoms in total. The molecule has 0 bridgehead atoms. The van der Waals surface area contributed by atoms with Crippen LogP contribution in [0.1, 0.15) is 59.3 Å². The number of carbonyl (C=O) groups excluding carboxylic acids is 1. The summed E-state index contributed by atoms with van der Waals surface area (Å²) in [6, 6.07) is 0. The molecule has 0 amide bonds. The van der Waals surface area contributed by atoms with Crippen LogP contribution in [0, 0.1) is 0 Å². The van der Waals surface area contributed by atoms with Gasteiger partial charge in [0.1, 0.15) is 5.78 Å². The number of nitrogens with zero attached hydrogens (tertiary/aromatic N) is 1. The van der Waals surface area contributed by atoms with Gasteiger partial charge in [0, 0.05) is 18.7 Å². The lowest BCUT2D eigenvalue weighted by Gasteiger charge is -2.30. The van der Waals surface area contributed by atoms with Crippen LogP contribution in [-0.2, 0) is 9.36 Å². The average molecular weight is 353 g/mol. The van der Waals surface area contributed by atoms with Gasteiger partial charge in [0.2, 0.25) is 0 Å². The first-order valence-corrected chi connectivity index (χ1v) is 11.1. The van der Waals surface area contributed by atoms with Crippen LogP contribution in [0.25, 0.3) is 0 Å². The lowest BCUT2D eigenvalue weighted by molar-refractivity contribution is -0.118. The second-order valence-corrected chi connectivity index (χ2v) is 10.9. The van der Waals surface area contributed by atoms with Gasteiger partial charge in [0.25, 0.3) is 6.65 Å². The Kier molecular flexibility index (Phi) is 10.8. The summed E-state index contributed by atoms with van der Waals surface area (Å²) in [5.74, 6) is 0.136. The van der Waals surface area contributed by atoms with Crippen molar-refractivity contribution < 1.29 is 9.36 Å². The van der Waals surface area contributed by atoms with E-state index in [-0.39, 0.29) is 17.5 Å². The Morgan fingerprint density at radius 3 is 2.48 bits per heavy atom. The van der Waals surface area contributed by atoms with E-state index in [1.165, 1.54) is 11.4 Å². The Bertz CT molecular complexity index is 391. The van der Waals surface area contributed by atoms with Crippen molar-refractivity contribution in [3.05, 3.63) is 0 Å². The maximum Gasteiger partial charge on any atom is 0.292 e. The first-order chi connectivity index (χ1) is 9.80. The van der Waals surface area contributed by atoms with Crippen molar-refractivity contribution in [1.82, 2.24) is 9.76 Å². The zero-order valence-corrected chi connectivity index (χ0v) is 16.4. The van der Waals surface area contributed by atoms with Gasteiger partial charge in [-0.2, -0.15) is 0 Å². The second kappa shape index (κ2) is 10.8. The third-order valence-electron chi connectivity index (χ3n) is 3.34. The maximum absolute atomic E-state index is 12.9. The van der Waals surface area contributed by atoms with Crippen molar-refractivity contribution in [3.8, 4) is 0 Å². The van der Waals surface area contributed by atoms with Crippen LogP contribution in [0.2, 0.25) is 0 Å². The van der Waals surface area contributed by atoms with Gasteiger partial charge >= 0.3 is 0 Å². The van der Waals surface area contributed by atoms with Gasteiger partial charge in [-0.25, -0.2) is 5.09 Å². The van der Waals surface area contributed by atoms with E-state index in [4.69, 9.17) is 12.2 Å². The van der Waals surface area contributed by atoms with E-state index in [0.29, 0.717) is 11.4 Å². The number of nitrogens with one attached hydrogen (secondary N) is 1. The molecule has 0 spiro atoms. The number of unbranched alkanes of at least 4 members (excludes halogenated alkanes) is 2. The molecule has 0 aromatic carbocycles. The number of hydrogen-bond donors (Lipinski definition) is 1. The molecule has 0 fully saturated rings. The molecule has 0 radical (unpaired) electrons.